The van der Waals surface area contributed by atoms with Crippen molar-refractivity contribution in [2.24, 2.45) is 0 Å². The van der Waals surface area contributed by atoms with E-state index in [0.29, 0.717) is 11.1 Å². The van der Waals surface area contributed by atoms with Gasteiger partial charge in [0.25, 0.3) is 0 Å². The second-order valence-corrected chi connectivity index (χ2v) is 15.6. The molecule has 11 aromatic rings. The summed E-state index contributed by atoms with van der Waals surface area (Å²) in [6.45, 7) is 0. The van der Waals surface area contributed by atoms with Gasteiger partial charge in [-0.1, -0.05) is 218 Å². The van der Waals surface area contributed by atoms with Gasteiger partial charge in [-0.25, -0.2) is 19.9 Å². The summed E-state index contributed by atoms with van der Waals surface area (Å²) >= 11 is 0. The lowest BCUT2D eigenvalue weighted by molar-refractivity contribution is 0.755. The Bertz CT molecular complexity index is 4880. The first-order valence-corrected chi connectivity index (χ1v) is 21.0. The fraction of sp³-hybridized carbons (Fsp3) is 0.0312. The molecule has 3 aliphatic carbocycles. The van der Waals surface area contributed by atoms with Gasteiger partial charge in [-0.2, -0.15) is 0 Å². The molecule has 0 saturated heterocycles. The number of rotatable bonds is 8. The summed E-state index contributed by atoms with van der Waals surface area (Å²) in [4.78, 5) is 18.7. The van der Waals surface area contributed by atoms with E-state index in [2.05, 4.69) is 9.97 Å². The van der Waals surface area contributed by atoms with Crippen LogP contribution < -0.4 is 0 Å². The van der Waals surface area contributed by atoms with E-state index >= 15 is 0 Å². The highest BCUT2D eigenvalue weighted by Crippen LogP contribution is 2.56. The molecule has 3 aliphatic rings. The number of benzene rings is 9. The van der Waals surface area contributed by atoms with E-state index in [1.54, 1.807) is 12.1 Å². The zero-order chi connectivity index (χ0) is 69.3. The van der Waals surface area contributed by atoms with Gasteiger partial charge in [0, 0.05) is 45.2 Å². The molecule has 0 saturated carbocycles. The second-order valence-electron chi connectivity index (χ2n) is 15.6. The molecule has 0 amide bonds. The zero-order valence-corrected chi connectivity index (χ0v) is 34.9. The summed E-state index contributed by atoms with van der Waals surface area (Å²) in [6, 6.07) is -0.0534. The minimum Gasteiger partial charge on any atom is -0.228 e. The molecule has 0 aliphatic heterocycles. The van der Waals surface area contributed by atoms with Crippen LogP contribution >= 0.6 is 0 Å². The fourth-order valence-electron chi connectivity index (χ4n) is 8.81. The van der Waals surface area contributed by atoms with Crippen LogP contribution in [0, 0.1) is 0 Å². The summed E-state index contributed by atoms with van der Waals surface area (Å²) in [5.41, 5.74) is 0.772. The van der Waals surface area contributed by atoms with Gasteiger partial charge < -0.3 is 0 Å². The highest BCUT2D eigenvalue weighted by atomic mass is 14.9. The predicted octanol–water partition coefficient (Wildman–Crippen LogP) is 15.6. The van der Waals surface area contributed by atoms with Crippen LogP contribution in [-0.2, 0) is 0 Å². The van der Waals surface area contributed by atoms with Crippen LogP contribution in [0.3, 0.4) is 0 Å². The van der Waals surface area contributed by atoms with Crippen LogP contribution in [0.25, 0.3) is 90.1 Å². The Balaban J connectivity index is 0.991. The summed E-state index contributed by atoms with van der Waals surface area (Å²) in [5, 5.41) is 0. The van der Waals surface area contributed by atoms with Crippen LogP contribution in [-0.4, -0.2) is 19.9 Å². The SMILES string of the molecule is [2H]c1c([2H])c([2H])c(-c2nc(-c3ccc4c(c3)C3c5ccccc5C4c4cc(-c5cc(-c6c([2H])c([2H])c(-c7c([2H])c([2H])c([2H])c([2H])c7[2H])c([2H])c6[2H])nc(-c6c([2H])c([2H])c([2H])c([2H])c6[2H])n5)ccc43)cc(-c3c([2H])c([2H])c(-c4c([2H])c([2H])c([2H])c([2H])c4[2H])c([2H])c3[2H])n2)c([2H])c1[2H]. The lowest BCUT2D eigenvalue weighted by Crippen LogP contribution is -2.27. The first-order chi connectivity index (χ1) is 45.3. The predicted molar refractivity (Wildman–Crippen MR) is 276 cm³/mol. The lowest BCUT2D eigenvalue weighted by Gasteiger charge is -2.42. The van der Waals surface area contributed by atoms with Gasteiger partial charge in [-0.3, -0.25) is 0 Å². The minimum atomic E-state index is -0.800. The standard InChI is InChI=1S/C64H42N4/c1-5-15-41(16-6-1)43-25-29-45(30-26-43)57-39-59(67-63(65-57)47-19-9-3-10-20-47)49-33-35-53-55(37-49)61-51-23-13-14-24-52(51)62(53)56-38-50(34-36-54(56)61)60-40-58(66-64(68-60)48-21-11-4-12-22-48)46-31-27-44(28-32-46)42-17-7-2-8-18-42/h1-40,61-62H/i1D,2D,3D,4D,5D,6D,7D,8D,9D,10D,11D,12D,15D,16D,17D,18D,19D,20D,21D,22D,25D,26D,27D,28D,29D,30D,31D,32D. The molecule has 4 nitrogen and oxygen atoms in total. The molecule has 0 N–H and O–H groups in total. The Morgan fingerprint density at radius 2 is 0.544 bits per heavy atom. The highest BCUT2D eigenvalue weighted by molar-refractivity contribution is 5.80. The Hall–Kier alpha value is -8.86. The average Bonchev–Trinajstić information content (AvgIpc) is 0.704. The highest BCUT2D eigenvalue weighted by Gasteiger charge is 2.41. The topological polar surface area (TPSA) is 51.6 Å². The van der Waals surface area contributed by atoms with E-state index in [1.165, 1.54) is 12.1 Å². The molecule has 4 heteroatoms. The van der Waals surface area contributed by atoms with Crippen LogP contribution in [0.4, 0.5) is 0 Å². The van der Waals surface area contributed by atoms with Crippen molar-refractivity contribution >= 4 is 0 Å². The molecule has 318 valence electrons. The number of nitrogens with zero attached hydrogens (tertiary/aromatic N) is 4. The van der Waals surface area contributed by atoms with E-state index < -0.39 is 237 Å². The first-order valence-electron chi connectivity index (χ1n) is 35.0. The summed E-state index contributed by atoms with van der Waals surface area (Å²) in [5.74, 6) is -2.02. The third kappa shape index (κ3) is 7.02. The van der Waals surface area contributed by atoms with Crippen molar-refractivity contribution in [3.05, 3.63) is 275 Å². The summed E-state index contributed by atoms with van der Waals surface area (Å²) in [6.07, 6.45) is 0. The normalized spacial score (nSPS) is 19.9. The van der Waals surface area contributed by atoms with E-state index in [9.17, 15) is 11.0 Å². The summed E-state index contributed by atoms with van der Waals surface area (Å²) in [7, 11) is 0. The van der Waals surface area contributed by atoms with Gasteiger partial charge in [0.2, 0.25) is 0 Å². The number of aromatic nitrogens is 4. The quantitative estimate of drug-likeness (QED) is 0.152. The van der Waals surface area contributed by atoms with Gasteiger partial charge in [-0.15, -0.1) is 0 Å². The van der Waals surface area contributed by atoms with Crippen molar-refractivity contribution in [1.29, 1.82) is 0 Å². The van der Waals surface area contributed by atoms with Crippen LogP contribution in [0.1, 0.15) is 83.6 Å². The molecule has 2 atom stereocenters. The first kappa shape index (κ1) is 20.3. The smallest absolute Gasteiger partial charge is 0.160 e. The molecule has 0 fully saturated rings. The molecule has 68 heavy (non-hydrogen) atoms. The van der Waals surface area contributed by atoms with E-state index in [-0.39, 0.29) is 22.8 Å². The second kappa shape index (κ2) is 16.5. The molecule has 2 heterocycles. The Morgan fingerprint density at radius 1 is 0.250 bits per heavy atom. The van der Waals surface area contributed by atoms with Crippen LogP contribution in [0.2, 0.25) is 0 Å². The van der Waals surface area contributed by atoms with Crippen molar-refractivity contribution in [3.63, 3.8) is 0 Å². The monoisotopic (exact) mass is 895 g/mol. The average molecular weight is 895 g/mol. The molecule has 0 spiro atoms. The van der Waals surface area contributed by atoms with Gasteiger partial charge in [0.05, 0.1) is 61.2 Å². The van der Waals surface area contributed by atoms with E-state index in [0.717, 1.165) is 33.4 Å². The minimum absolute atomic E-state index is 0.0291. The molecule has 2 bridgehead atoms. The van der Waals surface area contributed by atoms with Crippen LogP contribution in [0.15, 0.2) is 242 Å². The fourth-order valence-corrected chi connectivity index (χ4v) is 8.81. The van der Waals surface area contributed by atoms with Crippen molar-refractivity contribution in [3.8, 4) is 90.1 Å². The maximum absolute atomic E-state index is 9.35. The van der Waals surface area contributed by atoms with Gasteiger partial charge in [0.15, 0.2) is 11.6 Å². The molecule has 0 radical (unpaired) electrons. The maximum atomic E-state index is 9.35. The van der Waals surface area contributed by atoms with E-state index in [4.69, 9.17) is 37.4 Å². The van der Waals surface area contributed by atoms with E-state index in [1.807, 2.05) is 48.5 Å². The third-order valence-electron chi connectivity index (χ3n) is 11.8. The Labute approximate surface area is 435 Å². The van der Waals surface area contributed by atoms with Crippen molar-refractivity contribution in [2.45, 2.75) is 11.8 Å². The van der Waals surface area contributed by atoms with Gasteiger partial charge in [0.1, 0.15) is 0 Å². The molecule has 2 unspecified atom stereocenters. The summed E-state index contributed by atoms with van der Waals surface area (Å²) < 4.78 is 245. The van der Waals surface area contributed by atoms with Crippen LogP contribution in [0.5, 0.6) is 0 Å². The van der Waals surface area contributed by atoms with Crippen molar-refractivity contribution in [2.75, 3.05) is 0 Å². The third-order valence-corrected chi connectivity index (χ3v) is 11.8. The molecule has 9 aromatic carbocycles. The lowest BCUT2D eigenvalue weighted by atomic mass is 9.60. The maximum Gasteiger partial charge on any atom is 0.160 e. The molecule has 14 rings (SSSR count). The Kier molecular flexibility index (Phi) is 4.95. The molecule has 2 aromatic heterocycles. The van der Waals surface area contributed by atoms with Crippen molar-refractivity contribution < 1.29 is 38.4 Å². The zero-order valence-electron chi connectivity index (χ0n) is 62.9. The largest absolute Gasteiger partial charge is 0.228 e. The van der Waals surface area contributed by atoms with Gasteiger partial charge >= 0.3 is 0 Å². The number of hydrogen-bond acceptors (Lipinski definition) is 4. The number of hydrogen-bond donors (Lipinski definition) is 0. The van der Waals surface area contributed by atoms with Crippen molar-refractivity contribution in [1.82, 2.24) is 19.9 Å². The molecular weight excluding hydrogens is 825 g/mol. The van der Waals surface area contributed by atoms with Gasteiger partial charge in [-0.05, 0) is 79.9 Å². The molecular formula is C64H42N4. The Morgan fingerprint density at radius 3 is 0.912 bits per heavy atom.